The molecule has 10 heteroatoms. The molecule has 1 fully saturated rings. The molecule has 3 rings (SSSR count). The van der Waals surface area contributed by atoms with Crippen LogP contribution in [0.2, 0.25) is 5.02 Å². The van der Waals surface area contributed by atoms with Gasteiger partial charge in [0, 0.05) is 51.6 Å². The second kappa shape index (κ2) is 9.22. The van der Waals surface area contributed by atoms with Gasteiger partial charge in [0.25, 0.3) is 0 Å². The van der Waals surface area contributed by atoms with E-state index in [0.717, 1.165) is 43.2 Å². The summed E-state index contributed by atoms with van der Waals surface area (Å²) in [5, 5.41) is 3.93. The highest BCUT2D eigenvalue weighted by Crippen LogP contribution is 2.40. The van der Waals surface area contributed by atoms with Crippen molar-refractivity contribution in [3.05, 3.63) is 35.4 Å². The lowest BCUT2D eigenvalue weighted by Gasteiger charge is -2.29. The van der Waals surface area contributed by atoms with E-state index in [9.17, 15) is 8.42 Å². The monoisotopic (exact) mass is 431 g/mol. The Balaban J connectivity index is 1.73. The number of sulfonamides is 1. The Kier molecular flexibility index (Phi) is 6.96. The van der Waals surface area contributed by atoms with Crippen LogP contribution in [0.15, 0.2) is 34.5 Å². The summed E-state index contributed by atoms with van der Waals surface area (Å²) in [4.78, 5) is 2.27. The van der Waals surface area contributed by atoms with E-state index in [1.807, 2.05) is 24.3 Å². The highest BCUT2D eigenvalue weighted by atomic mass is 35.5. The lowest BCUT2D eigenvalue weighted by Crippen LogP contribution is -2.43. The molecule has 0 unspecified atom stereocenters. The molecule has 2 heterocycles. The number of thiophene rings is 1. The standard InChI is InChI=1S/C17H22ClN3O4S2/c1-24-10-7-20-27(22,23)16-12-15(18)17(26-16)25-14-4-2-3-13(11-14)21-8-5-19-6-9-21/h2-4,11-12,19-20H,5-10H2,1H3. The molecule has 0 spiro atoms. The van der Waals surface area contributed by atoms with Crippen molar-refractivity contribution in [3.63, 3.8) is 0 Å². The molecule has 0 saturated carbocycles. The maximum absolute atomic E-state index is 12.3. The SMILES string of the molecule is COCCNS(=O)(=O)c1cc(Cl)c(Oc2cccc(N3CCNCC3)c2)s1. The molecule has 0 radical (unpaired) electrons. The number of nitrogens with one attached hydrogen (secondary N) is 2. The molecule has 2 aromatic rings. The Morgan fingerprint density at radius 3 is 2.81 bits per heavy atom. The zero-order valence-electron chi connectivity index (χ0n) is 14.9. The summed E-state index contributed by atoms with van der Waals surface area (Å²) in [7, 11) is -2.13. The number of methoxy groups -OCH3 is 1. The summed E-state index contributed by atoms with van der Waals surface area (Å²) in [6, 6.07) is 9.11. The second-order valence-corrected chi connectivity index (χ2v) is 9.34. The van der Waals surface area contributed by atoms with Crippen LogP contribution in [0.3, 0.4) is 0 Å². The molecule has 0 atom stereocenters. The molecule has 148 valence electrons. The molecule has 1 aromatic heterocycles. The van der Waals surface area contributed by atoms with Gasteiger partial charge in [-0.15, -0.1) is 0 Å². The first-order valence-corrected chi connectivity index (χ1v) is 11.2. The van der Waals surface area contributed by atoms with Gasteiger partial charge >= 0.3 is 0 Å². The number of benzene rings is 1. The molecule has 1 saturated heterocycles. The molecule has 0 amide bonds. The summed E-state index contributed by atoms with van der Waals surface area (Å²) in [6.07, 6.45) is 0. The lowest BCUT2D eigenvalue weighted by molar-refractivity contribution is 0.204. The number of anilines is 1. The number of hydrogen-bond donors (Lipinski definition) is 2. The minimum atomic E-state index is -3.64. The van der Waals surface area contributed by atoms with E-state index >= 15 is 0 Å². The normalized spacial score (nSPS) is 15.1. The molecule has 1 aromatic carbocycles. The van der Waals surface area contributed by atoms with Crippen molar-refractivity contribution >= 4 is 38.6 Å². The first-order chi connectivity index (χ1) is 13.0. The minimum Gasteiger partial charge on any atom is -0.445 e. The van der Waals surface area contributed by atoms with Crippen molar-refractivity contribution < 1.29 is 17.9 Å². The van der Waals surface area contributed by atoms with E-state index < -0.39 is 10.0 Å². The number of nitrogens with zero attached hydrogens (tertiary/aromatic N) is 1. The van der Waals surface area contributed by atoms with E-state index in [1.165, 1.54) is 13.2 Å². The second-order valence-electron chi connectivity index (χ2n) is 5.93. The molecule has 2 N–H and O–H groups in total. The summed E-state index contributed by atoms with van der Waals surface area (Å²) in [5.41, 5.74) is 1.07. The molecule has 1 aliphatic rings. The lowest BCUT2D eigenvalue weighted by atomic mass is 10.2. The van der Waals surface area contributed by atoms with Crippen LogP contribution >= 0.6 is 22.9 Å². The Hall–Kier alpha value is -1.36. The topological polar surface area (TPSA) is 79.9 Å². The van der Waals surface area contributed by atoms with Crippen LogP contribution in [0.1, 0.15) is 0 Å². The van der Waals surface area contributed by atoms with Gasteiger partial charge in [-0.25, -0.2) is 13.1 Å². The Morgan fingerprint density at radius 2 is 2.07 bits per heavy atom. The van der Waals surface area contributed by atoms with Crippen molar-refractivity contribution in [2.75, 3.05) is 51.3 Å². The number of ether oxygens (including phenoxy) is 2. The molecular weight excluding hydrogens is 410 g/mol. The van der Waals surface area contributed by atoms with Crippen LogP contribution in [0.5, 0.6) is 10.8 Å². The molecule has 0 aliphatic carbocycles. The zero-order chi connectivity index (χ0) is 19.3. The highest BCUT2D eigenvalue weighted by Gasteiger charge is 2.21. The van der Waals surface area contributed by atoms with Crippen LogP contribution in [-0.2, 0) is 14.8 Å². The van der Waals surface area contributed by atoms with Gasteiger partial charge in [0.2, 0.25) is 15.1 Å². The predicted octanol–water partition coefficient (Wildman–Crippen LogP) is 2.53. The van der Waals surface area contributed by atoms with Crippen LogP contribution in [0, 0.1) is 0 Å². The molecule has 1 aliphatic heterocycles. The Labute approximate surface area is 168 Å². The van der Waals surface area contributed by atoms with Gasteiger partial charge in [-0.3, -0.25) is 0 Å². The number of rotatable bonds is 8. The molecule has 0 bridgehead atoms. The fraction of sp³-hybridized carbons (Fsp3) is 0.412. The van der Waals surface area contributed by atoms with Crippen molar-refractivity contribution in [3.8, 4) is 10.8 Å². The highest BCUT2D eigenvalue weighted by molar-refractivity contribution is 7.91. The third-order valence-corrected chi connectivity index (χ3v) is 7.35. The summed E-state index contributed by atoms with van der Waals surface area (Å²) in [6.45, 7) is 4.23. The quantitative estimate of drug-likeness (QED) is 0.625. The predicted molar refractivity (Wildman–Crippen MR) is 108 cm³/mol. The third kappa shape index (κ3) is 5.34. The van der Waals surface area contributed by atoms with Gasteiger partial charge in [0.15, 0.2) is 0 Å². The van der Waals surface area contributed by atoms with E-state index in [0.29, 0.717) is 17.4 Å². The molecule has 27 heavy (non-hydrogen) atoms. The fourth-order valence-electron chi connectivity index (χ4n) is 2.66. The number of halogens is 1. The van der Waals surface area contributed by atoms with Gasteiger partial charge in [-0.05, 0) is 18.2 Å². The minimum absolute atomic E-state index is 0.108. The number of piperazine rings is 1. The van der Waals surface area contributed by atoms with Gasteiger partial charge in [-0.1, -0.05) is 29.0 Å². The summed E-state index contributed by atoms with van der Waals surface area (Å²) >= 11 is 7.19. The van der Waals surface area contributed by atoms with Crippen LogP contribution in [-0.4, -0.2) is 54.9 Å². The smallest absolute Gasteiger partial charge is 0.250 e. The van der Waals surface area contributed by atoms with Gasteiger partial charge in [0.1, 0.15) is 9.96 Å². The van der Waals surface area contributed by atoms with Crippen molar-refractivity contribution in [1.82, 2.24) is 10.0 Å². The van der Waals surface area contributed by atoms with Gasteiger partial charge in [0.05, 0.1) is 11.6 Å². The maximum atomic E-state index is 12.3. The van der Waals surface area contributed by atoms with E-state index in [2.05, 4.69) is 14.9 Å². The maximum Gasteiger partial charge on any atom is 0.250 e. The molecular formula is C17H22ClN3O4S2. The van der Waals surface area contributed by atoms with Crippen molar-refractivity contribution in [1.29, 1.82) is 0 Å². The number of hydrogen-bond acceptors (Lipinski definition) is 7. The van der Waals surface area contributed by atoms with E-state index in [-0.39, 0.29) is 15.8 Å². The van der Waals surface area contributed by atoms with Crippen LogP contribution in [0.4, 0.5) is 5.69 Å². The van der Waals surface area contributed by atoms with Crippen LogP contribution in [0.25, 0.3) is 0 Å². The van der Waals surface area contributed by atoms with Crippen LogP contribution < -0.4 is 19.7 Å². The Morgan fingerprint density at radius 1 is 1.30 bits per heavy atom. The van der Waals surface area contributed by atoms with Crippen molar-refractivity contribution in [2.24, 2.45) is 0 Å². The largest absolute Gasteiger partial charge is 0.445 e. The molecule has 7 nitrogen and oxygen atoms in total. The Bertz CT molecular complexity index is 867. The third-order valence-electron chi connectivity index (χ3n) is 4.01. The average molecular weight is 432 g/mol. The average Bonchev–Trinajstić information content (AvgIpc) is 3.04. The van der Waals surface area contributed by atoms with Crippen molar-refractivity contribution in [2.45, 2.75) is 4.21 Å². The summed E-state index contributed by atoms with van der Waals surface area (Å²) in [5.74, 6) is 0.617. The zero-order valence-corrected chi connectivity index (χ0v) is 17.3. The van der Waals surface area contributed by atoms with Gasteiger partial charge < -0.3 is 19.7 Å². The van der Waals surface area contributed by atoms with E-state index in [4.69, 9.17) is 21.1 Å². The van der Waals surface area contributed by atoms with E-state index in [1.54, 1.807) is 0 Å². The van der Waals surface area contributed by atoms with Gasteiger partial charge in [-0.2, -0.15) is 0 Å². The summed E-state index contributed by atoms with van der Waals surface area (Å²) < 4.78 is 37.9. The fourth-order valence-corrected chi connectivity index (χ4v) is 5.31. The first kappa shape index (κ1) is 20.4. The first-order valence-electron chi connectivity index (χ1n) is 8.51.